The molecular weight excluding hydrogens is 400 g/mol. The lowest BCUT2D eigenvalue weighted by molar-refractivity contribution is 0.204. The molecule has 0 aromatic heterocycles. The van der Waals surface area contributed by atoms with E-state index in [1.807, 2.05) is 0 Å². The minimum absolute atomic E-state index is 0.342. The lowest BCUT2D eigenvalue weighted by Crippen LogP contribution is -2.12. The molecule has 0 spiro atoms. The molecule has 0 saturated carbocycles. The fourth-order valence-electron chi connectivity index (χ4n) is 5.84. The van der Waals surface area contributed by atoms with Crippen molar-refractivity contribution in [1.29, 1.82) is 0 Å². The quantitative estimate of drug-likeness (QED) is 0.126. The summed E-state index contributed by atoms with van der Waals surface area (Å²) >= 11 is 0. The van der Waals surface area contributed by atoms with Gasteiger partial charge in [-0.25, -0.2) is 0 Å². The number of unbranched alkanes of at least 4 members (excludes halogenated alkanes) is 17. The van der Waals surface area contributed by atoms with E-state index < -0.39 is 0 Å². The van der Waals surface area contributed by atoms with E-state index in [-0.39, 0.29) is 0 Å². The Kier molecular flexibility index (Phi) is 25.0. The third-order valence-corrected chi connectivity index (χ3v) is 7.78. The third-order valence-electron chi connectivity index (χ3n) is 7.78. The van der Waals surface area contributed by atoms with Crippen molar-refractivity contribution in [1.82, 2.24) is 0 Å². The summed E-state index contributed by atoms with van der Waals surface area (Å²) in [6.45, 7) is 12.1. The van der Waals surface area contributed by atoms with Crippen molar-refractivity contribution in [2.45, 2.75) is 176 Å². The van der Waals surface area contributed by atoms with Crippen LogP contribution in [0.1, 0.15) is 176 Å². The summed E-state index contributed by atoms with van der Waals surface area (Å²) in [5, 5.41) is 9.24. The average Bonchev–Trinajstić information content (AvgIpc) is 2.77. The first kappa shape index (κ1) is 33.0. The monoisotopic (exact) mass is 467 g/mol. The summed E-state index contributed by atoms with van der Waals surface area (Å²) in [6.07, 6.45) is 31.6. The molecule has 0 heterocycles. The molecule has 0 rings (SSSR count). The van der Waals surface area contributed by atoms with Crippen LogP contribution in [0.4, 0.5) is 0 Å². The Balaban J connectivity index is 3.32. The van der Waals surface area contributed by atoms with Crippen LogP contribution in [0.25, 0.3) is 0 Å². The van der Waals surface area contributed by atoms with Crippen molar-refractivity contribution < 1.29 is 5.11 Å². The minimum atomic E-state index is 0.342. The van der Waals surface area contributed by atoms with Crippen LogP contribution >= 0.6 is 0 Å². The van der Waals surface area contributed by atoms with E-state index in [2.05, 4.69) is 34.6 Å². The number of hydrogen-bond acceptors (Lipinski definition) is 1. The molecule has 0 fully saturated rings. The van der Waals surface area contributed by atoms with Crippen LogP contribution in [0.5, 0.6) is 0 Å². The fraction of sp³-hybridized carbons (Fsp3) is 1.00. The van der Waals surface area contributed by atoms with Crippen LogP contribution in [0.3, 0.4) is 0 Å². The molecule has 0 aliphatic carbocycles. The zero-order chi connectivity index (χ0) is 24.6. The Morgan fingerprint density at radius 2 is 0.697 bits per heavy atom. The molecule has 0 aliphatic heterocycles. The fourth-order valence-corrected chi connectivity index (χ4v) is 5.84. The van der Waals surface area contributed by atoms with Gasteiger partial charge in [0, 0.05) is 6.61 Å². The van der Waals surface area contributed by atoms with Gasteiger partial charge in [-0.2, -0.15) is 0 Å². The highest BCUT2D eigenvalue weighted by Crippen LogP contribution is 2.26. The van der Waals surface area contributed by atoms with Crippen molar-refractivity contribution in [3.05, 3.63) is 0 Å². The molecule has 1 N–H and O–H groups in total. The summed E-state index contributed by atoms with van der Waals surface area (Å²) in [4.78, 5) is 0. The lowest BCUT2D eigenvalue weighted by Gasteiger charge is -2.22. The first-order chi connectivity index (χ1) is 16.0. The van der Waals surface area contributed by atoms with Gasteiger partial charge in [0.1, 0.15) is 0 Å². The van der Waals surface area contributed by atoms with Gasteiger partial charge in [0.25, 0.3) is 0 Å². The predicted octanol–water partition coefficient (Wildman–Crippen LogP) is 11.1. The number of rotatable bonds is 26. The summed E-state index contributed by atoms with van der Waals surface area (Å²) in [6, 6.07) is 0. The molecule has 4 atom stereocenters. The molecule has 0 aromatic rings. The van der Waals surface area contributed by atoms with Crippen LogP contribution in [0, 0.1) is 23.7 Å². The van der Waals surface area contributed by atoms with Gasteiger partial charge in [-0.3, -0.25) is 0 Å². The van der Waals surface area contributed by atoms with Gasteiger partial charge in [0.05, 0.1) is 0 Å². The number of aliphatic hydroxyl groups is 1. The molecule has 200 valence electrons. The molecule has 1 nitrogen and oxygen atoms in total. The Bertz CT molecular complexity index is 366. The molecule has 0 bridgehead atoms. The van der Waals surface area contributed by atoms with Gasteiger partial charge in [0.15, 0.2) is 0 Å². The molecule has 1 heteroatoms. The Morgan fingerprint density at radius 1 is 0.394 bits per heavy atom. The summed E-state index contributed by atoms with van der Waals surface area (Å²) in [7, 11) is 0. The van der Waals surface area contributed by atoms with E-state index in [1.165, 1.54) is 141 Å². The first-order valence-corrected chi connectivity index (χ1v) is 15.6. The molecule has 0 unspecified atom stereocenters. The van der Waals surface area contributed by atoms with Gasteiger partial charge in [-0.1, -0.05) is 157 Å². The SMILES string of the molecule is CCCCCCCCCCCCCCCCCCCC[C@@H](C)C[C@@H](C)C[C@@H](C)C[C@@H](C)CO. The first-order valence-electron chi connectivity index (χ1n) is 15.6. The van der Waals surface area contributed by atoms with Crippen LogP contribution in [0.15, 0.2) is 0 Å². The van der Waals surface area contributed by atoms with E-state index in [1.54, 1.807) is 0 Å². The van der Waals surface area contributed by atoms with Gasteiger partial charge in [-0.15, -0.1) is 0 Å². The van der Waals surface area contributed by atoms with Crippen molar-refractivity contribution in [2.24, 2.45) is 23.7 Å². The van der Waals surface area contributed by atoms with Crippen molar-refractivity contribution >= 4 is 0 Å². The maximum atomic E-state index is 9.24. The zero-order valence-electron chi connectivity index (χ0n) is 24.0. The second-order valence-electron chi connectivity index (χ2n) is 12.1. The van der Waals surface area contributed by atoms with Gasteiger partial charge in [0.2, 0.25) is 0 Å². The van der Waals surface area contributed by atoms with Gasteiger partial charge >= 0.3 is 0 Å². The van der Waals surface area contributed by atoms with Crippen LogP contribution in [-0.4, -0.2) is 11.7 Å². The Morgan fingerprint density at radius 3 is 1.06 bits per heavy atom. The van der Waals surface area contributed by atoms with Crippen LogP contribution in [0.2, 0.25) is 0 Å². The van der Waals surface area contributed by atoms with E-state index in [0.29, 0.717) is 12.5 Å². The van der Waals surface area contributed by atoms with Crippen molar-refractivity contribution in [3.63, 3.8) is 0 Å². The number of hydrogen-bond donors (Lipinski definition) is 1. The Labute approximate surface area is 211 Å². The summed E-state index contributed by atoms with van der Waals surface area (Å²) < 4.78 is 0. The zero-order valence-corrected chi connectivity index (χ0v) is 24.0. The highest BCUT2D eigenvalue weighted by molar-refractivity contribution is 4.66. The van der Waals surface area contributed by atoms with Crippen LogP contribution in [-0.2, 0) is 0 Å². The molecule has 0 aliphatic rings. The standard InChI is InChI=1S/C32H66O/c1-6-7-8-9-10-11-12-13-14-15-16-17-18-19-20-21-22-23-24-29(2)25-30(3)26-31(4)27-32(5)28-33/h29-33H,6-28H2,1-5H3/t29-,30-,31-,32-/m1/s1. The van der Waals surface area contributed by atoms with E-state index >= 15 is 0 Å². The smallest absolute Gasteiger partial charge is 0.0456 e. The molecular formula is C32H66O. The highest BCUT2D eigenvalue weighted by atomic mass is 16.3. The molecule has 0 radical (unpaired) electrons. The molecule has 0 aromatic carbocycles. The maximum Gasteiger partial charge on any atom is 0.0456 e. The molecule has 0 amide bonds. The largest absolute Gasteiger partial charge is 0.396 e. The van der Waals surface area contributed by atoms with E-state index in [4.69, 9.17) is 0 Å². The summed E-state index contributed by atoms with van der Waals surface area (Å²) in [5.41, 5.74) is 0. The van der Waals surface area contributed by atoms with Gasteiger partial charge < -0.3 is 5.11 Å². The molecule has 33 heavy (non-hydrogen) atoms. The lowest BCUT2D eigenvalue weighted by atomic mass is 9.84. The Hall–Kier alpha value is -0.0400. The van der Waals surface area contributed by atoms with E-state index in [9.17, 15) is 5.11 Å². The van der Waals surface area contributed by atoms with Gasteiger partial charge in [-0.05, 0) is 42.9 Å². The maximum absolute atomic E-state index is 9.24. The number of aliphatic hydroxyl groups excluding tert-OH is 1. The second kappa shape index (κ2) is 25.1. The third kappa shape index (κ3) is 24.9. The topological polar surface area (TPSA) is 20.2 Å². The van der Waals surface area contributed by atoms with Crippen molar-refractivity contribution in [2.75, 3.05) is 6.61 Å². The second-order valence-corrected chi connectivity index (χ2v) is 12.1. The minimum Gasteiger partial charge on any atom is -0.396 e. The predicted molar refractivity (Wildman–Crippen MR) is 151 cm³/mol. The van der Waals surface area contributed by atoms with Crippen molar-refractivity contribution in [3.8, 4) is 0 Å². The van der Waals surface area contributed by atoms with Crippen LogP contribution < -0.4 is 0 Å². The molecule has 0 saturated heterocycles. The summed E-state index contributed by atoms with van der Waals surface area (Å²) in [5.74, 6) is 2.92. The van der Waals surface area contributed by atoms with E-state index in [0.717, 1.165) is 17.8 Å². The highest BCUT2D eigenvalue weighted by Gasteiger charge is 2.14. The normalized spacial score (nSPS) is 15.5. The average molecular weight is 467 g/mol.